The number of nitrogen functional groups attached to an aromatic ring is 1. The Morgan fingerprint density at radius 1 is 1.12 bits per heavy atom. The summed E-state index contributed by atoms with van der Waals surface area (Å²) in [5.41, 5.74) is 12.2. The van der Waals surface area contributed by atoms with Gasteiger partial charge in [0.25, 0.3) is 5.91 Å². The van der Waals surface area contributed by atoms with E-state index < -0.39 is 0 Å². The Hall–Kier alpha value is -4.25. The number of nitrogens with one attached hydrogen (secondary N) is 1. The second kappa shape index (κ2) is 9.09. The summed E-state index contributed by atoms with van der Waals surface area (Å²) in [6.07, 6.45) is 1.60. The van der Waals surface area contributed by atoms with E-state index in [2.05, 4.69) is 30.7 Å². The number of nitrogens with two attached hydrogens (primary N) is 1. The van der Waals surface area contributed by atoms with E-state index in [1.165, 1.54) is 0 Å². The molecule has 3 heterocycles. The molecule has 0 aliphatic carbocycles. The van der Waals surface area contributed by atoms with Crippen molar-refractivity contribution in [3.63, 3.8) is 0 Å². The number of anilines is 2. The molecule has 5 rings (SSSR count). The van der Waals surface area contributed by atoms with Gasteiger partial charge in [-0.05, 0) is 40.1 Å². The Labute approximate surface area is 188 Å². The molecule has 0 unspecified atom stereocenters. The molecule has 4 aromatic rings. The molecule has 3 N–H and O–H groups in total. The summed E-state index contributed by atoms with van der Waals surface area (Å²) in [6.45, 7) is 3.20. The molecule has 0 saturated carbocycles. The van der Waals surface area contributed by atoms with Crippen molar-refractivity contribution in [3.8, 4) is 11.5 Å². The van der Waals surface area contributed by atoms with E-state index in [1.807, 2.05) is 48.5 Å². The van der Waals surface area contributed by atoms with Gasteiger partial charge in [0.05, 0.1) is 30.5 Å². The van der Waals surface area contributed by atoms with Crippen LogP contribution in [0.1, 0.15) is 5.56 Å². The van der Waals surface area contributed by atoms with Crippen LogP contribution in [0.25, 0.3) is 22.6 Å². The molecule has 11 nitrogen and oxygen atoms in total. The lowest BCUT2D eigenvalue weighted by Crippen LogP contribution is -2.36. The summed E-state index contributed by atoms with van der Waals surface area (Å²) in [5, 5.41) is 11.5. The van der Waals surface area contributed by atoms with Crippen molar-refractivity contribution < 1.29 is 14.2 Å². The van der Waals surface area contributed by atoms with Gasteiger partial charge in [0, 0.05) is 18.8 Å². The standard InChI is InChI=1S/C22H22N8O3/c23-21-20(27-33-28-21)22-25-17-3-1-2-4-18(17)30(22)14-19(31)26-24-13-15-5-7-16(8-6-15)29-9-11-32-12-10-29/h1-8,13H,9-12,14H2,(H2,23,28)(H,26,31)/b24-13-. The molecule has 0 spiro atoms. The lowest BCUT2D eigenvalue weighted by molar-refractivity contribution is -0.121. The van der Waals surface area contributed by atoms with E-state index in [0.717, 1.165) is 43.1 Å². The number of rotatable bonds is 6. The van der Waals surface area contributed by atoms with Crippen LogP contribution in [0.4, 0.5) is 11.5 Å². The Morgan fingerprint density at radius 3 is 2.67 bits per heavy atom. The first kappa shape index (κ1) is 20.6. The van der Waals surface area contributed by atoms with Crippen LogP contribution >= 0.6 is 0 Å². The van der Waals surface area contributed by atoms with Crippen molar-refractivity contribution in [2.45, 2.75) is 6.54 Å². The number of benzene rings is 2. The van der Waals surface area contributed by atoms with E-state index >= 15 is 0 Å². The lowest BCUT2D eigenvalue weighted by Gasteiger charge is -2.28. The van der Waals surface area contributed by atoms with Crippen LogP contribution in [-0.2, 0) is 16.1 Å². The maximum atomic E-state index is 12.6. The third kappa shape index (κ3) is 4.39. The van der Waals surface area contributed by atoms with Gasteiger partial charge in [0.1, 0.15) is 6.54 Å². The van der Waals surface area contributed by atoms with Gasteiger partial charge in [-0.1, -0.05) is 24.3 Å². The van der Waals surface area contributed by atoms with Crippen molar-refractivity contribution in [2.75, 3.05) is 36.9 Å². The molecule has 2 aromatic carbocycles. The first-order chi connectivity index (χ1) is 16.2. The second-order valence-corrected chi connectivity index (χ2v) is 7.49. The highest BCUT2D eigenvalue weighted by atomic mass is 16.6. The number of amides is 1. The zero-order chi connectivity index (χ0) is 22.6. The zero-order valence-corrected chi connectivity index (χ0v) is 17.7. The lowest BCUT2D eigenvalue weighted by atomic mass is 10.2. The van der Waals surface area contributed by atoms with E-state index in [9.17, 15) is 4.79 Å². The SMILES string of the molecule is Nc1nonc1-c1nc2ccccc2n1CC(=O)N/N=C\c1ccc(N2CCOCC2)cc1. The summed E-state index contributed by atoms with van der Waals surface area (Å²) >= 11 is 0. The molecule has 0 radical (unpaired) electrons. The average molecular weight is 446 g/mol. The Kier molecular flexibility index (Phi) is 5.68. The van der Waals surface area contributed by atoms with Gasteiger partial charge in [-0.25, -0.2) is 15.0 Å². The predicted molar refractivity (Wildman–Crippen MR) is 123 cm³/mol. The number of hydrazone groups is 1. The first-order valence-corrected chi connectivity index (χ1v) is 10.5. The maximum Gasteiger partial charge on any atom is 0.260 e. The highest BCUT2D eigenvalue weighted by Gasteiger charge is 2.20. The van der Waals surface area contributed by atoms with Gasteiger partial charge in [0.15, 0.2) is 17.3 Å². The number of nitrogens with zero attached hydrogens (tertiary/aromatic N) is 6. The third-order valence-corrected chi connectivity index (χ3v) is 5.35. The summed E-state index contributed by atoms with van der Waals surface area (Å²) in [7, 11) is 0. The molecular weight excluding hydrogens is 424 g/mol. The molecule has 33 heavy (non-hydrogen) atoms. The van der Waals surface area contributed by atoms with Crippen LogP contribution in [0.15, 0.2) is 58.3 Å². The fourth-order valence-electron chi connectivity index (χ4n) is 3.72. The smallest absolute Gasteiger partial charge is 0.260 e. The van der Waals surface area contributed by atoms with Gasteiger partial charge in [0.2, 0.25) is 0 Å². The number of aromatic nitrogens is 4. The molecule has 168 valence electrons. The number of imidazole rings is 1. The summed E-state index contributed by atoms with van der Waals surface area (Å²) in [6, 6.07) is 15.4. The monoisotopic (exact) mass is 446 g/mol. The number of carbonyl (C=O) groups is 1. The minimum absolute atomic E-state index is 0.0323. The number of hydrogen-bond donors (Lipinski definition) is 2. The molecular formula is C22H22N8O3. The molecule has 1 amide bonds. The van der Waals surface area contributed by atoms with Crippen LogP contribution in [-0.4, -0.2) is 58.3 Å². The van der Waals surface area contributed by atoms with Gasteiger partial charge in [-0.2, -0.15) is 5.10 Å². The highest BCUT2D eigenvalue weighted by Crippen LogP contribution is 2.26. The van der Waals surface area contributed by atoms with Crippen molar-refractivity contribution in [3.05, 3.63) is 54.1 Å². The molecule has 1 saturated heterocycles. The molecule has 0 bridgehead atoms. The van der Waals surface area contributed by atoms with E-state index in [1.54, 1.807) is 10.8 Å². The quantitative estimate of drug-likeness (QED) is 0.337. The van der Waals surface area contributed by atoms with Gasteiger partial charge in [-0.3, -0.25) is 4.79 Å². The molecule has 1 aliphatic rings. The summed E-state index contributed by atoms with van der Waals surface area (Å²) in [4.78, 5) is 19.4. The first-order valence-electron chi connectivity index (χ1n) is 10.5. The second-order valence-electron chi connectivity index (χ2n) is 7.49. The minimum Gasteiger partial charge on any atom is -0.379 e. The molecule has 11 heteroatoms. The number of morpholine rings is 1. The van der Waals surface area contributed by atoms with Crippen molar-refractivity contribution in [1.82, 2.24) is 25.3 Å². The van der Waals surface area contributed by atoms with Crippen LogP contribution < -0.4 is 16.1 Å². The third-order valence-electron chi connectivity index (χ3n) is 5.35. The predicted octanol–water partition coefficient (Wildman–Crippen LogP) is 1.66. The van der Waals surface area contributed by atoms with E-state index in [0.29, 0.717) is 11.3 Å². The average Bonchev–Trinajstić information content (AvgIpc) is 3.43. The number of para-hydroxylation sites is 2. The van der Waals surface area contributed by atoms with Crippen molar-refractivity contribution in [2.24, 2.45) is 5.10 Å². The Bertz CT molecular complexity index is 1290. The summed E-state index contributed by atoms with van der Waals surface area (Å²) < 4.78 is 11.8. The van der Waals surface area contributed by atoms with E-state index in [4.69, 9.17) is 15.1 Å². The number of fused-ring (bicyclic) bond motifs is 1. The van der Waals surface area contributed by atoms with Crippen molar-refractivity contribution in [1.29, 1.82) is 0 Å². The largest absolute Gasteiger partial charge is 0.379 e. The van der Waals surface area contributed by atoms with Crippen LogP contribution in [0.3, 0.4) is 0 Å². The Balaban J connectivity index is 1.28. The molecule has 0 atom stereocenters. The van der Waals surface area contributed by atoms with E-state index in [-0.39, 0.29) is 24.0 Å². The number of hydrogen-bond acceptors (Lipinski definition) is 9. The zero-order valence-electron chi connectivity index (χ0n) is 17.7. The van der Waals surface area contributed by atoms with Crippen LogP contribution in [0.2, 0.25) is 0 Å². The number of ether oxygens (including phenoxy) is 1. The normalized spacial score (nSPS) is 14.2. The maximum absolute atomic E-state index is 12.6. The van der Waals surface area contributed by atoms with Gasteiger partial charge in [-0.15, -0.1) is 0 Å². The minimum atomic E-state index is -0.324. The fraction of sp³-hybridized carbons (Fsp3) is 0.227. The van der Waals surface area contributed by atoms with Gasteiger partial charge < -0.3 is 19.9 Å². The van der Waals surface area contributed by atoms with Gasteiger partial charge >= 0.3 is 0 Å². The fourth-order valence-corrected chi connectivity index (χ4v) is 3.72. The highest BCUT2D eigenvalue weighted by molar-refractivity contribution is 5.86. The molecule has 1 fully saturated rings. The number of carbonyl (C=O) groups excluding carboxylic acids is 1. The summed E-state index contributed by atoms with van der Waals surface area (Å²) in [5.74, 6) is 0.175. The molecule has 1 aliphatic heterocycles. The van der Waals surface area contributed by atoms with Crippen LogP contribution in [0, 0.1) is 0 Å². The van der Waals surface area contributed by atoms with Crippen LogP contribution in [0.5, 0.6) is 0 Å². The Morgan fingerprint density at radius 2 is 1.91 bits per heavy atom. The van der Waals surface area contributed by atoms with Crippen molar-refractivity contribution >= 4 is 34.7 Å². The topological polar surface area (TPSA) is 137 Å². The molecule has 2 aromatic heterocycles.